The Balaban J connectivity index is 1.78. The van der Waals surface area contributed by atoms with Crippen molar-refractivity contribution < 1.29 is 14.3 Å². The van der Waals surface area contributed by atoms with Gasteiger partial charge in [0.2, 0.25) is 11.8 Å². The van der Waals surface area contributed by atoms with Gasteiger partial charge in [-0.25, -0.2) is 0 Å². The molecule has 0 aliphatic carbocycles. The number of carbonyl (C=O) groups excluding carboxylic acids is 2. The lowest BCUT2D eigenvalue weighted by Gasteiger charge is -2.24. The van der Waals surface area contributed by atoms with Crippen molar-refractivity contribution in [3.8, 4) is 5.75 Å². The second-order valence-corrected chi connectivity index (χ2v) is 7.68. The van der Waals surface area contributed by atoms with Gasteiger partial charge in [-0.2, -0.15) is 0 Å². The van der Waals surface area contributed by atoms with Crippen molar-refractivity contribution >= 4 is 17.5 Å². The average molecular weight is 432 g/mol. The largest absolute Gasteiger partial charge is 0.497 e. The van der Waals surface area contributed by atoms with Gasteiger partial charge in [-0.3, -0.25) is 9.59 Å². The zero-order valence-electron chi connectivity index (χ0n) is 18.5. The first-order valence-corrected chi connectivity index (χ1v) is 10.5. The maximum Gasteiger partial charge on any atom is 0.227 e. The van der Waals surface area contributed by atoms with Crippen LogP contribution in [0.4, 0.5) is 5.69 Å². The monoisotopic (exact) mass is 431 g/mol. The van der Waals surface area contributed by atoms with Gasteiger partial charge in [-0.1, -0.05) is 48.5 Å². The third-order valence-electron chi connectivity index (χ3n) is 5.12. The highest BCUT2D eigenvalue weighted by Gasteiger charge is 2.16. The minimum atomic E-state index is -0.117. The van der Waals surface area contributed by atoms with Gasteiger partial charge in [0.25, 0.3) is 0 Å². The lowest BCUT2D eigenvalue weighted by molar-refractivity contribution is -0.131. The molecule has 0 bridgehead atoms. The Morgan fingerprint density at radius 2 is 1.50 bits per heavy atom. The predicted octanol–water partition coefficient (Wildman–Crippen LogP) is 3.88. The van der Waals surface area contributed by atoms with Crippen LogP contribution in [-0.2, 0) is 35.6 Å². The molecule has 0 aliphatic heterocycles. The summed E-state index contributed by atoms with van der Waals surface area (Å²) in [6.45, 7) is 2.87. The number of methoxy groups -OCH3 is 1. The van der Waals surface area contributed by atoms with E-state index in [0.717, 1.165) is 33.7 Å². The molecule has 0 saturated carbocycles. The summed E-state index contributed by atoms with van der Waals surface area (Å²) in [7, 11) is 1.62. The molecule has 0 aliphatic rings. The van der Waals surface area contributed by atoms with Crippen molar-refractivity contribution in [1.82, 2.24) is 4.90 Å². The maximum atomic E-state index is 13.3. The third-order valence-corrected chi connectivity index (χ3v) is 5.12. The van der Waals surface area contributed by atoms with Crippen molar-refractivity contribution in [2.24, 2.45) is 5.73 Å². The number of benzene rings is 3. The molecule has 6 nitrogen and oxygen atoms in total. The Bertz CT molecular complexity index is 1050. The van der Waals surface area contributed by atoms with Crippen LogP contribution in [0.1, 0.15) is 29.2 Å². The van der Waals surface area contributed by atoms with E-state index in [-0.39, 0.29) is 11.8 Å². The summed E-state index contributed by atoms with van der Waals surface area (Å²) < 4.78 is 5.20. The van der Waals surface area contributed by atoms with Crippen LogP contribution in [0.2, 0.25) is 0 Å². The molecule has 32 heavy (non-hydrogen) atoms. The first-order valence-electron chi connectivity index (χ1n) is 10.5. The summed E-state index contributed by atoms with van der Waals surface area (Å²) in [6.07, 6.45) is 0.296. The quantitative estimate of drug-likeness (QED) is 0.538. The molecule has 2 amide bonds. The smallest absolute Gasteiger partial charge is 0.227 e. The van der Waals surface area contributed by atoms with Crippen LogP contribution in [0.3, 0.4) is 0 Å². The maximum absolute atomic E-state index is 13.3. The highest BCUT2D eigenvalue weighted by Crippen LogP contribution is 2.17. The van der Waals surface area contributed by atoms with Crippen molar-refractivity contribution in [3.63, 3.8) is 0 Å². The number of hydrogen-bond acceptors (Lipinski definition) is 4. The molecule has 3 aromatic carbocycles. The number of nitrogens with one attached hydrogen (secondary N) is 1. The lowest BCUT2D eigenvalue weighted by Crippen LogP contribution is -2.31. The molecule has 3 aromatic rings. The lowest BCUT2D eigenvalue weighted by atomic mass is 10.1. The Hall–Kier alpha value is -3.64. The Morgan fingerprint density at radius 3 is 2.12 bits per heavy atom. The number of anilines is 1. The van der Waals surface area contributed by atoms with Gasteiger partial charge in [0.15, 0.2) is 0 Å². The predicted molar refractivity (Wildman–Crippen MR) is 126 cm³/mol. The molecule has 3 N–H and O–H groups in total. The first kappa shape index (κ1) is 23.0. The normalized spacial score (nSPS) is 10.5. The molecule has 0 unspecified atom stereocenters. The minimum Gasteiger partial charge on any atom is -0.497 e. The number of nitrogens with two attached hydrogens (primary N) is 1. The first-order chi connectivity index (χ1) is 15.5. The number of amides is 2. The zero-order valence-corrected chi connectivity index (χ0v) is 18.5. The number of hydrogen-bond donors (Lipinski definition) is 2. The number of rotatable bonds is 9. The van der Waals surface area contributed by atoms with E-state index in [9.17, 15) is 9.59 Å². The molecule has 0 atom stereocenters. The van der Waals surface area contributed by atoms with Crippen LogP contribution in [0.25, 0.3) is 0 Å². The van der Waals surface area contributed by atoms with E-state index in [1.54, 1.807) is 7.11 Å². The van der Waals surface area contributed by atoms with Crippen molar-refractivity contribution in [2.75, 3.05) is 12.4 Å². The molecular formula is C26H29N3O3. The Kier molecular flexibility index (Phi) is 8.00. The van der Waals surface area contributed by atoms with Gasteiger partial charge in [-0.15, -0.1) is 0 Å². The standard InChI is InChI=1S/C26H29N3O3/c1-19(30)28-24-10-6-21(7-11-24)17-29(18-23-5-3-4-22(14-23)16-27)26(31)15-20-8-12-25(32-2)13-9-20/h3-14H,15-18,27H2,1-2H3,(H,28,30). The highest BCUT2D eigenvalue weighted by molar-refractivity contribution is 5.88. The molecule has 0 fully saturated rings. The second-order valence-electron chi connectivity index (χ2n) is 7.68. The number of ether oxygens (including phenoxy) is 1. The molecule has 0 spiro atoms. The van der Waals surface area contributed by atoms with Crippen LogP contribution < -0.4 is 15.8 Å². The van der Waals surface area contributed by atoms with Crippen LogP contribution >= 0.6 is 0 Å². The van der Waals surface area contributed by atoms with E-state index in [0.29, 0.717) is 26.1 Å². The molecule has 0 heterocycles. The van der Waals surface area contributed by atoms with Crippen molar-refractivity contribution in [1.29, 1.82) is 0 Å². The fourth-order valence-corrected chi connectivity index (χ4v) is 3.45. The average Bonchev–Trinajstić information content (AvgIpc) is 2.80. The van der Waals surface area contributed by atoms with E-state index >= 15 is 0 Å². The summed E-state index contributed by atoms with van der Waals surface area (Å²) in [5.74, 6) is 0.670. The summed E-state index contributed by atoms with van der Waals surface area (Å²) in [4.78, 5) is 26.4. The van der Waals surface area contributed by atoms with Crippen LogP contribution in [0.5, 0.6) is 5.75 Å². The van der Waals surface area contributed by atoms with Gasteiger partial charge in [0.1, 0.15) is 5.75 Å². The third kappa shape index (κ3) is 6.68. The molecule has 166 valence electrons. The highest BCUT2D eigenvalue weighted by atomic mass is 16.5. The number of nitrogens with zero attached hydrogens (tertiary/aromatic N) is 1. The zero-order chi connectivity index (χ0) is 22.9. The van der Waals surface area contributed by atoms with E-state index < -0.39 is 0 Å². The molecule has 6 heteroatoms. The van der Waals surface area contributed by atoms with E-state index in [2.05, 4.69) is 5.32 Å². The Labute approximate surface area is 189 Å². The van der Waals surface area contributed by atoms with Crippen molar-refractivity contribution in [2.45, 2.75) is 33.0 Å². The van der Waals surface area contributed by atoms with Gasteiger partial charge in [0.05, 0.1) is 13.5 Å². The summed E-state index contributed by atoms with van der Waals surface area (Å²) >= 11 is 0. The van der Waals surface area contributed by atoms with Gasteiger partial charge < -0.3 is 20.7 Å². The minimum absolute atomic E-state index is 0.0271. The van der Waals surface area contributed by atoms with Crippen molar-refractivity contribution in [3.05, 3.63) is 95.1 Å². The van der Waals surface area contributed by atoms with Crippen LogP contribution in [0, 0.1) is 0 Å². The fraction of sp³-hybridized carbons (Fsp3) is 0.231. The molecule has 0 radical (unpaired) electrons. The van der Waals surface area contributed by atoms with E-state index in [4.69, 9.17) is 10.5 Å². The summed E-state index contributed by atoms with van der Waals surface area (Å²) in [5, 5.41) is 2.76. The second kappa shape index (κ2) is 11.1. The van der Waals surface area contributed by atoms with Crippen LogP contribution in [0.15, 0.2) is 72.8 Å². The van der Waals surface area contributed by atoms with Gasteiger partial charge >= 0.3 is 0 Å². The molecular weight excluding hydrogens is 402 g/mol. The van der Waals surface area contributed by atoms with Gasteiger partial charge in [0, 0.05) is 32.2 Å². The topological polar surface area (TPSA) is 84.7 Å². The van der Waals surface area contributed by atoms with E-state index in [1.807, 2.05) is 77.7 Å². The van der Waals surface area contributed by atoms with Gasteiger partial charge in [-0.05, 0) is 46.5 Å². The van der Waals surface area contributed by atoms with E-state index in [1.165, 1.54) is 6.92 Å². The molecule has 0 aromatic heterocycles. The molecule has 3 rings (SSSR count). The number of carbonyl (C=O) groups is 2. The fourth-order valence-electron chi connectivity index (χ4n) is 3.45. The Morgan fingerprint density at radius 1 is 0.875 bits per heavy atom. The summed E-state index contributed by atoms with van der Waals surface area (Å²) in [5.41, 5.74) is 10.5. The summed E-state index contributed by atoms with van der Waals surface area (Å²) in [6, 6.07) is 23.1. The molecule has 0 saturated heterocycles. The SMILES string of the molecule is COc1ccc(CC(=O)N(Cc2ccc(NC(C)=O)cc2)Cc2cccc(CN)c2)cc1. The van der Waals surface area contributed by atoms with Crippen LogP contribution in [-0.4, -0.2) is 23.8 Å².